The van der Waals surface area contributed by atoms with Crippen molar-refractivity contribution in [1.82, 2.24) is 0 Å². The SMILES string of the molecule is O=Cc1cccc(-c2c(F)c(F)c(F)c(F)c2F)c1O. The van der Waals surface area contributed by atoms with Gasteiger partial charge in [-0.05, 0) is 6.07 Å². The molecule has 0 unspecified atom stereocenters. The summed E-state index contributed by atoms with van der Waals surface area (Å²) in [4.78, 5) is 10.6. The van der Waals surface area contributed by atoms with E-state index in [0.29, 0.717) is 0 Å². The summed E-state index contributed by atoms with van der Waals surface area (Å²) < 4.78 is 66.3. The molecule has 0 heterocycles. The van der Waals surface area contributed by atoms with E-state index >= 15 is 0 Å². The van der Waals surface area contributed by atoms with Gasteiger partial charge in [0.1, 0.15) is 5.75 Å². The maximum Gasteiger partial charge on any atom is 0.200 e. The van der Waals surface area contributed by atoms with E-state index in [1.807, 2.05) is 0 Å². The number of hydrogen-bond acceptors (Lipinski definition) is 2. The summed E-state index contributed by atoms with van der Waals surface area (Å²) in [5, 5.41) is 9.64. The average Bonchev–Trinajstić information content (AvgIpc) is 2.45. The minimum Gasteiger partial charge on any atom is -0.507 e. The molecule has 2 aromatic rings. The molecular weight excluding hydrogens is 283 g/mol. The lowest BCUT2D eigenvalue weighted by atomic mass is 10.00. The van der Waals surface area contributed by atoms with Gasteiger partial charge in [0.25, 0.3) is 0 Å². The van der Waals surface area contributed by atoms with Crippen molar-refractivity contribution in [2.24, 2.45) is 0 Å². The number of phenols is 1. The molecule has 0 aliphatic heterocycles. The van der Waals surface area contributed by atoms with Gasteiger partial charge in [-0.3, -0.25) is 4.79 Å². The summed E-state index contributed by atoms with van der Waals surface area (Å²) in [6.45, 7) is 0. The first-order valence-electron chi connectivity index (χ1n) is 5.19. The van der Waals surface area contributed by atoms with Crippen molar-refractivity contribution in [3.05, 3.63) is 52.8 Å². The smallest absolute Gasteiger partial charge is 0.200 e. The van der Waals surface area contributed by atoms with Crippen molar-refractivity contribution < 1.29 is 31.9 Å². The zero-order chi connectivity index (χ0) is 15.0. The van der Waals surface area contributed by atoms with Crippen LogP contribution in [0.2, 0.25) is 0 Å². The number of hydrogen-bond donors (Lipinski definition) is 1. The fraction of sp³-hybridized carbons (Fsp3) is 0. The molecule has 0 fully saturated rings. The molecule has 2 aromatic carbocycles. The summed E-state index contributed by atoms with van der Waals surface area (Å²) in [5.41, 5.74) is -2.29. The Balaban J connectivity index is 2.87. The highest BCUT2D eigenvalue weighted by atomic mass is 19.2. The van der Waals surface area contributed by atoms with E-state index in [9.17, 15) is 31.9 Å². The second-order valence-electron chi connectivity index (χ2n) is 3.81. The number of phenolic OH excluding ortho intramolecular Hbond substituents is 1. The van der Waals surface area contributed by atoms with Crippen LogP contribution in [-0.4, -0.2) is 11.4 Å². The number of aromatic hydroxyl groups is 1. The summed E-state index contributed by atoms with van der Waals surface area (Å²) in [6, 6.07) is 3.19. The third-order valence-electron chi connectivity index (χ3n) is 2.67. The van der Waals surface area contributed by atoms with Crippen LogP contribution in [0, 0.1) is 29.1 Å². The third kappa shape index (κ3) is 1.91. The molecule has 20 heavy (non-hydrogen) atoms. The van der Waals surface area contributed by atoms with Gasteiger partial charge in [-0.15, -0.1) is 0 Å². The van der Waals surface area contributed by atoms with Crippen LogP contribution in [-0.2, 0) is 0 Å². The Morgan fingerprint density at radius 2 is 1.35 bits per heavy atom. The lowest BCUT2D eigenvalue weighted by Gasteiger charge is -2.10. The number of benzene rings is 2. The zero-order valence-electron chi connectivity index (χ0n) is 9.55. The Kier molecular flexibility index (Phi) is 3.44. The first-order chi connectivity index (χ1) is 9.40. The summed E-state index contributed by atoms with van der Waals surface area (Å²) in [5.74, 6) is -11.6. The first-order valence-corrected chi connectivity index (χ1v) is 5.19. The molecule has 0 aliphatic rings. The molecule has 104 valence electrons. The maximum absolute atomic E-state index is 13.6. The first kappa shape index (κ1) is 14.0. The van der Waals surface area contributed by atoms with Gasteiger partial charge >= 0.3 is 0 Å². The van der Waals surface area contributed by atoms with Crippen LogP contribution in [0.15, 0.2) is 18.2 Å². The Hall–Kier alpha value is -2.44. The topological polar surface area (TPSA) is 37.3 Å². The highest BCUT2D eigenvalue weighted by Gasteiger charge is 2.28. The zero-order valence-corrected chi connectivity index (χ0v) is 9.55. The van der Waals surface area contributed by atoms with Crippen molar-refractivity contribution in [2.45, 2.75) is 0 Å². The van der Waals surface area contributed by atoms with E-state index in [1.165, 1.54) is 0 Å². The molecule has 0 saturated heterocycles. The molecule has 0 spiro atoms. The van der Waals surface area contributed by atoms with Gasteiger partial charge in [0.05, 0.1) is 11.1 Å². The highest BCUT2D eigenvalue weighted by Crippen LogP contribution is 2.37. The molecule has 0 radical (unpaired) electrons. The van der Waals surface area contributed by atoms with E-state index in [4.69, 9.17) is 0 Å². The van der Waals surface area contributed by atoms with Crippen LogP contribution in [0.3, 0.4) is 0 Å². The van der Waals surface area contributed by atoms with Crippen molar-refractivity contribution in [3.63, 3.8) is 0 Å². The largest absolute Gasteiger partial charge is 0.507 e. The fourth-order valence-electron chi connectivity index (χ4n) is 1.70. The second-order valence-corrected chi connectivity index (χ2v) is 3.81. The van der Waals surface area contributed by atoms with Gasteiger partial charge < -0.3 is 5.11 Å². The number of para-hydroxylation sites is 1. The molecule has 0 saturated carbocycles. The Morgan fingerprint density at radius 1 is 0.850 bits per heavy atom. The molecule has 0 amide bonds. The van der Waals surface area contributed by atoms with Crippen molar-refractivity contribution >= 4 is 6.29 Å². The minimum atomic E-state index is -2.30. The van der Waals surface area contributed by atoms with Crippen LogP contribution in [0.5, 0.6) is 5.75 Å². The lowest BCUT2D eigenvalue weighted by Crippen LogP contribution is -2.04. The van der Waals surface area contributed by atoms with E-state index in [0.717, 1.165) is 18.2 Å². The minimum absolute atomic E-state index is 0.185. The Labute approximate surface area is 109 Å². The molecule has 0 atom stereocenters. The fourth-order valence-corrected chi connectivity index (χ4v) is 1.70. The van der Waals surface area contributed by atoms with E-state index in [2.05, 4.69) is 0 Å². The second kappa shape index (κ2) is 4.92. The highest BCUT2D eigenvalue weighted by molar-refractivity contribution is 5.86. The van der Waals surface area contributed by atoms with Crippen LogP contribution >= 0.6 is 0 Å². The van der Waals surface area contributed by atoms with Crippen molar-refractivity contribution in [3.8, 4) is 16.9 Å². The van der Waals surface area contributed by atoms with Gasteiger partial charge in [0.15, 0.2) is 29.6 Å². The molecule has 1 N–H and O–H groups in total. The standard InChI is InChI=1S/C13H5F5O2/c14-8-7(9(15)11(17)12(18)10(8)16)6-3-1-2-5(4-19)13(6)20/h1-4,20H. The lowest BCUT2D eigenvalue weighted by molar-refractivity contribution is 0.112. The van der Waals surface area contributed by atoms with Crippen LogP contribution in [0.25, 0.3) is 11.1 Å². The number of carbonyl (C=O) groups excluding carboxylic acids is 1. The number of aldehydes is 1. The van der Waals surface area contributed by atoms with E-state index in [-0.39, 0.29) is 11.8 Å². The van der Waals surface area contributed by atoms with Crippen LogP contribution in [0.4, 0.5) is 22.0 Å². The molecule has 2 nitrogen and oxygen atoms in total. The summed E-state index contributed by atoms with van der Waals surface area (Å²) >= 11 is 0. The normalized spacial score (nSPS) is 10.7. The number of halogens is 5. The molecule has 2 rings (SSSR count). The van der Waals surface area contributed by atoms with Crippen molar-refractivity contribution in [1.29, 1.82) is 0 Å². The predicted octanol–water partition coefficient (Wildman–Crippen LogP) is 3.57. The molecule has 0 bridgehead atoms. The number of carbonyl (C=O) groups is 1. The Bertz CT molecular complexity index is 683. The van der Waals surface area contributed by atoms with Gasteiger partial charge in [-0.2, -0.15) is 0 Å². The number of rotatable bonds is 2. The maximum atomic E-state index is 13.6. The predicted molar refractivity (Wildman–Crippen MR) is 58.7 cm³/mol. The summed E-state index contributed by atoms with van der Waals surface area (Å²) in [7, 11) is 0. The van der Waals surface area contributed by atoms with Gasteiger partial charge in [0, 0.05) is 5.56 Å². The molecule has 0 aliphatic carbocycles. The summed E-state index contributed by atoms with van der Waals surface area (Å²) in [6.07, 6.45) is 0.185. The van der Waals surface area contributed by atoms with E-state index in [1.54, 1.807) is 0 Å². The van der Waals surface area contributed by atoms with Gasteiger partial charge in [-0.1, -0.05) is 12.1 Å². The third-order valence-corrected chi connectivity index (χ3v) is 2.67. The van der Waals surface area contributed by atoms with Gasteiger partial charge in [-0.25, -0.2) is 22.0 Å². The average molecular weight is 288 g/mol. The van der Waals surface area contributed by atoms with Crippen LogP contribution in [0.1, 0.15) is 10.4 Å². The van der Waals surface area contributed by atoms with Crippen LogP contribution < -0.4 is 0 Å². The van der Waals surface area contributed by atoms with Gasteiger partial charge in [0.2, 0.25) is 5.82 Å². The van der Waals surface area contributed by atoms with Crippen molar-refractivity contribution in [2.75, 3.05) is 0 Å². The molecule has 7 heteroatoms. The van der Waals surface area contributed by atoms with E-state index < -0.39 is 46.0 Å². The molecule has 0 aromatic heterocycles. The quantitative estimate of drug-likeness (QED) is 0.397. The monoisotopic (exact) mass is 288 g/mol. The molecular formula is C13H5F5O2. The Morgan fingerprint density at radius 3 is 1.85 bits per heavy atom.